The van der Waals surface area contributed by atoms with Crippen LogP contribution >= 0.6 is 0 Å². The van der Waals surface area contributed by atoms with Gasteiger partial charge < -0.3 is 20.5 Å². The Hall–Kier alpha value is -1.75. The molecule has 0 saturated heterocycles. The van der Waals surface area contributed by atoms with Crippen LogP contribution in [0.2, 0.25) is 0 Å². The lowest BCUT2D eigenvalue weighted by atomic mass is 10.0. The predicted octanol–water partition coefficient (Wildman–Crippen LogP) is 1.32. The Labute approximate surface area is 119 Å². The Morgan fingerprint density at radius 3 is 2.90 bits per heavy atom. The molecule has 2 atom stereocenters. The van der Waals surface area contributed by atoms with Gasteiger partial charge in [-0.3, -0.25) is 4.79 Å². The lowest BCUT2D eigenvalue weighted by Gasteiger charge is -2.26. The van der Waals surface area contributed by atoms with E-state index in [4.69, 9.17) is 15.2 Å². The largest absolute Gasteiger partial charge is 0.486 e. The summed E-state index contributed by atoms with van der Waals surface area (Å²) in [7, 11) is 0. The van der Waals surface area contributed by atoms with Crippen LogP contribution in [-0.2, 0) is 4.79 Å². The summed E-state index contributed by atoms with van der Waals surface area (Å²) >= 11 is 0. The molecule has 2 unspecified atom stereocenters. The van der Waals surface area contributed by atoms with Crippen LogP contribution in [0.25, 0.3) is 0 Å². The van der Waals surface area contributed by atoms with Gasteiger partial charge in [-0.2, -0.15) is 0 Å². The fourth-order valence-corrected chi connectivity index (χ4v) is 2.12. The molecule has 1 aromatic carbocycles. The number of amides is 1. The first-order valence-electron chi connectivity index (χ1n) is 7.08. The van der Waals surface area contributed by atoms with Crippen molar-refractivity contribution in [3.05, 3.63) is 24.3 Å². The van der Waals surface area contributed by atoms with Gasteiger partial charge in [0.1, 0.15) is 12.7 Å². The first-order chi connectivity index (χ1) is 9.72. The maximum absolute atomic E-state index is 11.8. The van der Waals surface area contributed by atoms with Gasteiger partial charge in [-0.15, -0.1) is 0 Å². The van der Waals surface area contributed by atoms with Crippen molar-refractivity contribution in [2.75, 3.05) is 19.7 Å². The van der Waals surface area contributed by atoms with Crippen molar-refractivity contribution in [2.45, 2.75) is 25.9 Å². The van der Waals surface area contributed by atoms with Gasteiger partial charge in [0.25, 0.3) is 0 Å². The number of carbonyl (C=O) groups excluding carboxylic acids is 1. The number of hydrogen-bond acceptors (Lipinski definition) is 4. The summed E-state index contributed by atoms with van der Waals surface area (Å²) in [6.07, 6.45) is 1.24. The van der Waals surface area contributed by atoms with Crippen LogP contribution in [0, 0.1) is 5.92 Å². The second-order valence-electron chi connectivity index (χ2n) is 5.02. The summed E-state index contributed by atoms with van der Waals surface area (Å²) in [4.78, 5) is 11.8. The molecule has 0 aliphatic carbocycles. The summed E-state index contributed by atoms with van der Waals surface area (Å²) in [5, 5.41) is 2.88. The zero-order valence-corrected chi connectivity index (χ0v) is 11.8. The van der Waals surface area contributed by atoms with E-state index in [9.17, 15) is 4.79 Å². The highest BCUT2D eigenvalue weighted by Gasteiger charge is 2.21. The standard InChI is InChI=1S/C15H22N2O3/c1-2-11(8-16)7-15(18)17-9-12-10-19-13-5-3-4-6-14(13)20-12/h3-6,11-12H,2,7-10,16H2,1H3,(H,17,18). The third-order valence-electron chi connectivity index (χ3n) is 3.48. The number of nitrogens with two attached hydrogens (primary N) is 1. The lowest BCUT2D eigenvalue weighted by Crippen LogP contribution is -2.41. The van der Waals surface area contributed by atoms with E-state index in [-0.39, 0.29) is 17.9 Å². The second-order valence-corrected chi connectivity index (χ2v) is 5.02. The van der Waals surface area contributed by atoms with Crippen LogP contribution in [0.3, 0.4) is 0 Å². The fourth-order valence-electron chi connectivity index (χ4n) is 2.12. The Morgan fingerprint density at radius 2 is 2.20 bits per heavy atom. The first-order valence-corrected chi connectivity index (χ1v) is 7.08. The average molecular weight is 278 g/mol. The minimum Gasteiger partial charge on any atom is -0.486 e. The van der Waals surface area contributed by atoms with Crippen molar-refractivity contribution >= 4 is 5.91 Å². The summed E-state index contributed by atoms with van der Waals surface area (Å²) in [6.45, 7) is 3.49. The molecule has 0 radical (unpaired) electrons. The molecule has 5 nitrogen and oxygen atoms in total. The SMILES string of the molecule is CCC(CN)CC(=O)NCC1COc2ccccc2O1. The van der Waals surface area contributed by atoms with Crippen LogP contribution in [0.5, 0.6) is 11.5 Å². The van der Waals surface area contributed by atoms with E-state index in [2.05, 4.69) is 5.32 Å². The minimum atomic E-state index is -0.146. The molecule has 0 fully saturated rings. The van der Waals surface area contributed by atoms with Crippen molar-refractivity contribution in [1.29, 1.82) is 0 Å². The Bertz CT molecular complexity index is 446. The van der Waals surface area contributed by atoms with Crippen LogP contribution in [0.4, 0.5) is 0 Å². The molecule has 5 heteroatoms. The Kier molecular flexibility index (Phi) is 5.24. The van der Waals surface area contributed by atoms with Crippen LogP contribution in [0.15, 0.2) is 24.3 Å². The smallest absolute Gasteiger partial charge is 0.220 e. The molecule has 0 spiro atoms. The van der Waals surface area contributed by atoms with Gasteiger partial charge in [-0.1, -0.05) is 25.5 Å². The van der Waals surface area contributed by atoms with Gasteiger partial charge >= 0.3 is 0 Å². The Morgan fingerprint density at radius 1 is 1.45 bits per heavy atom. The normalized spacial score (nSPS) is 18.4. The van der Waals surface area contributed by atoms with E-state index >= 15 is 0 Å². The third kappa shape index (κ3) is 3.87. The monoisotopic (exact) mass is 278 g/mol. The van der Waals surface area contributed by atoms with Gasteiger partial charge in [0, 0.05) is 6.42 Å². The molecule has 0 saturated carbocycles. The molecular formula is C15H22N2O3. The average Bonchev–Trinajstić information content (AvgIpc) is 2.50. The summed E-state index contributed by atoms with van der Waals surface area (Å²) in [5.74, 6) is 1.75. The second kappa shape index (κ2) is 7.14. The van der Waals surface area contributed by atoms with E-state index in [1.807, 2.05) is 31.2 Å². The third-order valence-corrected chi connectivity index (χ3v) is 3.48. The maximum Gasteiger partial charge on any atom is 0.220 e. The number of rotatable bonds is 6. The van der Waals surface area contributed by atoms with E-state index in [0.29, 0.717) is 26.1 Å². The van der Waals surface area contributed by atoms with Crippen molar-refractivity contribution < 1.29 is 14.3 Å². The molecule has 3 N–H and O–H groups in total. The highest BCUT2D eigenvalue weighted by molar-refractivity contribution is 5.76. The van der Waals surface area contributed by atoms with Gasteiger partial charge in [-0.05, 0) is 24.6 Å². The molecule has 1 heterocycles. The molecular weight excluding hydrogens is 256 g/mol. The number of fused-ring (bicyclic) bond motifs is 1. The molecule has 1 amide bonds. The van der Waals surface area contributed by atoms with E-state index in [0.717, 1.165) is 17.9 Å². The van der Waals surface area contributed by atoms with Crippen molar-refractivity contribution in [3.63, 3.8) is 0 Å². The quantitative estimate of drug-likeness (QED) is 0.823. The van der Waals surface area contributed by atoms with Crippen LogP contribution < -0.4 is 20.5 Å². The molecule has 110 valence electrons. The molecule has 0 bridgehead atoms. The first kappa shape index (κ1) is 14.7. The van der Waals surface area contributed by atoms with Gasteiger partial charge in [0.2, 0.25) is 5.91 Å². The Balaban J connectivity index is 1.77. The molecule has 2 rings (SSSR count). The minimum absolute atomic E-state index is 0.0183. The maximum atomic E-state index is 11.8. The highest BCUT2D eigenvalue weighted by Crippen LogP contribution is 2.30. The number of benzene rings is 1. The fraction of sp³-hybridized carbons (Fsp3) is 0.533. The molecule has 1 aliphatic heterocycles. The van der Waals surface area contributed by atoms with Gasteiger partial charge in [0.05, 0.1) is 6.54 Å². The van der Waals surface area contributed by atoms with E-state index in [1.165, 1.54) is 0 Å². The van der Waals surface area contributed by atoms with Crippen LogP contribution in [0.1, 0.15) is 19.8 Å². The number of nitrogens with one attached hydrogen (secondary N) is 1. The van der Waals surface area contributed by atoms with E-state index in [1.54, 1.807) is 0 Å². The van der Waals surface area contributed by atoms with Crippen molar-refractivity contribution in [1.82, 2.24) is 5.32 Å². The zero-order chi connectivity index (χ0) is 14.4. The topological polar surface area (TPSA) is 73.6 Å². The van der Waals surface area contributed by atoms with Crippen LogP contribution in [-0.4, -0.2) is 31.7 Å². The van der Waals surface area contributed by atoms with Crippen molar-refractivity contribution in [2.24, 2.45) is 11.7 Å². The highest BCUT2D eigenvalue weighted by atomic mass is 16.6. The molecule has 1 aromatic rings. The van der Waals surface area contributed by atoms with Gasteiger partial charge in [-0.25, -0.2) is 0 Å². The number of para-hydroxylation sites is 2. The number of carbonyl (C=O) groups is 1. The summed E-state index contributed by atoms with van der Waals surface area (Å²) in [6, 6.07) is 7.54. The summed E-state index contributed by atoms with van der Waals surface area (Å²) in [5.41, 5.74) is 5.60. The molecule has 1 aliphatic rings. The number of hydrogen-bond donors (Lipinski definition) is 2. The number of ether oxygens (including phenoxy) is 2. The van der Waals surface area contributed by atoms with E-state index < -0.39 is 0 Å². The summed E-state index contributed by atoms with van der Waals surface area (Å²) < 4.78 is 11.4. The zero-order valence-electron chi connectivity index (χ0n) is 11.8. The molecule has 20 heavy (non-hydrogen) atoms. The van der Waals surface area contributed by atoms with Crippen molar-refractivity contribution in [3.8, 4) is 11.5 Å². The van der Waals surface area contributed by atoms with Gasteiger partial charge in [0.15, 0.2) is 11.5 Å². The lowest BCUT2D eigenvalue weighted by molar-refractivity contribution is -0.122. The predicted molar refractivity (Wildman–Crippen MR) is 76.8 cm³/mol. The molecule has 0 aromatic heterocycles.